The van der Waals surface area contributed by atoms with Crippen LogP contribution in [-0.4, -0.2) is 9.55 Å². The molecule has 1 heterocycles. The average Bonchev–Trinajstić information content (AvgIpc) is 2.55. The van der Waals surface area contributed by atoms with Crippen molar-refractivity contribution in [2.24, 2.45) is 11.8 Å². The van der Waals surface area contributed by atoms with Crippen molar-refractivity contribution < 1.29 is 0 Å². The lowest BCUT2D eigenvalue weighted by molar-refractivity contribution is 0.599. The highest BCUT2D eigenvalue weighted by molar-refractivity contribution is 5.21. The van der Waals surface area contributed by atoms with E-state index in [2.05, 4.69) is 16.5 Å². The summed E-state index contributed by atoms with van der Waals surface area (Å²) in [6, 6.07) is 0. The van der Waals surface area contributed by atoms with Gasteiger partial charge in [0.1, 0.15) is 0 Å². The molecule has 2 unspecified atom stereocenters. The molecule has 1 fully saturated rings. The van der Waals surface area contributed by atoms with Crippen molar-refractivity contribution in [1.29, 1.82) is 0 Å². The maximum Gasteiger partial charge on any atom is 0.200 e. The molecule has 1 aromatic rings. The number of hydrogen-bond acceptors (Lipinski definition) is 2. The zero-order valence-corrected chi connectivity index (χ0v) is 7.62. The summed E-state index contributed by atoms with van der Waals surface area (Å²) >= 11 is 0. The smallest absolute Gasteiger partial charge is 0.200 e. The van der Waals surface area contributed by atoms with E-state index < -0.39 is 0 Å². The van der Waals surface area contributed by atoms with Crippen LogP contribution in [0.15, 0.2) is 6.20 Å². The second kappa shape index (κ2) is 2.51. The molecule has 0 aliphatic heterocycles. The molecule has 1 aromatic heterocycles. The standard InChI is InChI=1S/C9H15N3/c1-6-3-8(6)5-12-4-7(2)11-9(12)10/h4,6,8H,3,5H2,1-2H3,(H2,10,11). The van der Waals surface area contributed by atoms with Crippen molar-refractivity contribution >= 4 is 5.95 Å². The van der Waals surface area contributed by atoms with Gasteiger partial charge >= 0.3 is 0 Å². The van der Waals surface area contributed by atoms with Crippen molar-refractivity contribution in [3.8, 4) is 0 Å². The van der Waals surface area contributed by atoms with Gasteiger partial charge < -0.3 is 10.3 Å². The van der Waals surface area contributed by atoms with Crippen molar-refractivity contribution in [3.05, 3.63) is 11.9 Å². The number of nitrogens with two attached hydrogens (primary N) is 1. The lowest BCUT2D eigenvalue weighted by atomic mass is 10.3. The Morgan fingerprint density at radius 2 is 2.42 bits per heavy atom. The molecule has 0 bridgehead atoms. The zero-order chi connectivity index (χ0) is 8.72. The minimum absolute atomic E-state index is 0.659. The van der Waals surface area contributed by atoms with Crippen LogP contribution in [0, 0.1) is 18.8 Å². The molecule has 0 amide bonds. The van der Waals surface area contributed by atoms with E-state index in [-0.39, 0.29) is 0 Å². The number of imidazole rings is 1. The van der Waals surface area contributed by atoms with Gasteiger partial charge in [-0.2, -0.15) is 0 Å². The molecular formula is C9H15N3. The summed E-state index contributed by atoms with van der Waals surface area (Å²) in [4.78, 5) is 4.16. The van der Waals surface area contributed by atoms with Crippen LogP contribution < -0.4 is 5.73 Å². The lowest BCUT2D eigenvalue weighted by Gasteiger charge is -2.01. The molecule has 1 aliphatic rings. The summed E-state index contributed by atoms with van der Waals surface area (Å²) < 4.78 is 2.06. The SMILES string of the molecule is Cc1cn(CC2CC2C)c(N)n1. The number of nitrogen functional groups attached to an aromatic ring is 1. The molecule has 1 saturated carbocycles. The molecular weight excluding hydrogens is 150 g/mol. The summed E-state index contributed by atoms with van der Waals surface area (Å²) in [6.07, 6.45) is 3.37. The summed E-state index contributed by atoms with van der Waals surface area (Å²) in [5.74, 6) is 2.37. The number of anilines is 1. The van der Waals surface area contributed by atoms with E-state index in [1.54, 1.807) is 0 Å². The van der Waals surface area contributed by atoms with Gasteiger partial charge in [0, 0.05) is 12.7 Å². The van der Waals surface area contributed by atoms with E-state index in [9.17, 15) is 0 Å². The van der Waals surface area contributed by atoms with Crippen LogP contribution in [0.2, 0.25) is 0 Å². The molecule has 1 aliphatic carbocycles. The van der Waals surface area contributed by atoms with E-state index in [0.29, 0.717) is 5.95 Å². The summed E-state index contributed by atoms with van der Waals surface area (Å²) in [7, 11) is 0. The van der Waals surface area contributed by atoms with E-state index >= 15 is 0 Å². The minimum Gasteiger partial charge on any atom is -0.369 e. The van der Waals surface area contributed by atoms with Gasteiger partial charge in [-0.05, 0) is 25.2 Å². The number of rotatable bonds is 2. The maximum atomic E-state index is 5.71. The Morgan fingerprint density at radius 3 is 2.83 bits per heavy atom. The maximum absolute atomic E-state index is 5.71. The first-order valence-corrected chi connectivity index (χ1v) is 4.46. The van der Waals surface area contributed by atoms with Crippen molar-refractivity contribution in [2.45, 2.75) is 26.8 Å². The Kier molecular flexibility index (Phi) is 1.60. The number of aromatic nitrogens is 2. The molecule has 66 valence electrons. The van der Waals surface area contributed by atoms with Gasteiger partial charge in [0.05, 0.1) is 5.69 Å². The lowest BCUT2D eigenvalue weighted by Crippen LogP contribution is -2.04. The highest BCUT2D eigenvalue weighted by atomic mass is 15.1. The first-order valence-electron chi connectivity index (χ1n) is 4.46. The van der Waals surface area contributed by atoms with Crippen molar-refractivity contribution in [1.82, 2.24) is 9.55 Å². The average molecular weight is 165 g/mol. The predicted octanol–water partition coefficient (Wildman–Crippen LogP) is 1.43. The fraction of sp³-hybridized carbons (Fsp3) is 0.667. The van der Waals surface area contributed by atoms with Gasteiger partial charge in [-0.3, -0.25) is 0 Å². The number of hydrogen-bond donors (Lipinski definition) is 1. The Hall–Kier alpha value is -0.990. The third-order valence-corrected chi connectivity index (χ3v) is 2.64. The monoisotopic (exact) mass is 165 g/mol. The Labute approximate surface area is 72.6 Å². The van der Waals surface area contributed by atoms with Crippen LogP contribution in [0.4, 0.5) is 5.95 Å². The molecule has 2 N–H and O–H groups in total. The van der Waals surface area contributed by atoms with Crippen LogP contribution in [0.25, 0.3) is 0 Å². The first kappa shape index (κ1) is 7.65. The van der Waals surface area contributed by atoms with Crippen LogP contribution in [-0.2, 0) is 6.54 Å². The van der Waals surface area contributed by atoms with E-state index in [1.807, 2.05) is 13.1 Å². The van der Waals surface area contributed by atoms with Crippen LogP contribution in [0.3, 0.4) is 0 Å². The molecule has 2 atom stereocenters. The van der Waals surface area contributed by atoms with E-state index in [4.69, 9.17) is 5.73 Å². The second-order valence-electron chi connectivity index (χ2n) is 3.87. The van der Waals surface area contributed by atoms with Gasteiger partial charge in [0.25, 0.3) is 0 Å². The van der Waals surface area contributed by atoms with Crippen LogP contribution in [0.5, 0.6) is 0 Å². The third kappa shape index (κ3) is 1.31. The van der Waals surface area contributed by atoms with Crippen LogP contribution >= 0.6 is 0 Å². The molecule has 0 spiro atoms. The van der Waals surface area contributed by atoms with Crippen molar-refractivity contribution in [2.75, 3.05) is 5.73 Å². The molecule has 2 rings (SSSR count). The zero-order valence-electron chi connectivity index (χ0n) is 7.62. The fourth-order valence-electron chi connectivity index (χ4n) is 1.62. The third-order valence-electron chi connectivity index (χ3n) is 2.64. The predicted molar refractivity (Wildman–Crippen MR) is 48.6 cm³/mol. The number of aryl methyl sites for hydroxylation is 1. The summed E-state index contributed by atoms with van der Waals surface area (Å²) in [5.41, 5.74) is 6.73. The largest absolute Gasteiger partial charge is 0.369 e. The van der Waals surface area contributed by atoms with Gasteiger partial charge in [-0.1, -0.05) is 6.92 Å². The van der Waals surface area contributed by atoms with E-state index in [1.165, 1.54) is 6.42 Å². The fourth-order valence-corrected chi connectivity index (χ4v) is 1.62. The van der Waals surface area contributed by atoms with Crippen LogP contribution in [0.1, 0.15) is 19.0 Å². The second-order valence-corrected chi connectivity index (χ2v) is 3.87. The van der Waals surface area contributed by atoms with Gasteiger partial charge in [-0.25, -0.2) is 4.98 Å². The Morgan fingerprint density at radius 1 is 1.75 bits per heavy atom. The minimum atomic E-state index is 0.659. The normalized spacial score (nSPS) is 27.5. The summed E-state index contributed by atoms with van der Waals surface area (Å²) in [6.45, 7) is 5.31. The van der Waals surface area contributed by atoms with Gasteiger partial charge in [0.2, 0.25) is 0 Å². The molecule has 3 nitrogen and oxygen atoms in total. The molecule has 12 heavy (non-hydrogen) atoms. The van der Waals surface area contributed by atoms with E-state index in [0.717, 1.165) is 24.1 Å². The van der Waals surface area contributed by atoms with Crippen molar-refractivity contribution in [3.63, 3.8) is 0 Å². The Balaban J connectivity index is 2.07. The number of nitrogens with zero attached hydrogens (tertiary/aromatic N) is 2. The summed E-state index contributed by atoms with van der Waals surface area (Å²) in [5, 5.41) is 0. The molecule has 0 radical (unpaired) electrons. The quantitative estimate of drug-likeness (QED) is 0.720. The highest BCUT2D eigenvalue weighted by Gasteiger charge is 2.32. The molecule has 0 aromatic carbocycles. The first-order chi connectivity index (χ1) is 5.66. The van der Waals surface area contributed by atoms with Gasteiger partial charge in [0.15, 0.2) is 5.95 Å². The molecule has 3 heteroatoms. The molecule has 0 saturated heterocycles. The van der Waals surface area contributed by atoms with Gasteiger partial charge in [-0.15, -0.1) is 0 Å². The Bertz CT molecular complexity index is 290. The topological polar surface area (TPSA) is 43.8 Å². The highest BCUT2D eigenvalue weighted by Crippen LogP contribution is 2.39.